The van der Waals surface area contributed by atoms with E-state index in [4.69, 9.17) is 5.73 Å². The number of amides is 1. The molecule has 1 heterocycles. The van der Waals surface area contributed by atoms with Crippen LogP contribution in [-0.4, -0.2) is 34.0 Å². The molecule has 5 nitrogen and oxygen atoms in total. The van der Waals surface area contributed by atoms with Crippen molar-refractivity contribution in [2.75, 3.05) is 12.3 Å². The van der Waals surface area contributed by atoms with Crippen molar-refractivity contribution in [3.8, 4) is 0 Å². The Morgan fingerprint density at radius 2 is 2.15 bits per heavy atom. The molecule has 0 spiro atoms. The molecule has 0 bridgehead atoms. The van der Waals surface area contributed by atoms with E-state index in [-0.39, 0.29) is 12.3 Å². The summed E-state index contributed by atoms with van der Waals surface area (Å²) in [6.45, 7) is 2.13. The molecule has 1 saturated heterocycles. The van der Waals surface area contributed by atoms with Gasteiger partial charge in [0.05, 0.1) is 6.42 Å². The molecule has 1 fully saturated rings. The molecule has 1 amide bonds. The summed E-state index contributed by atoms with van der Waals surface area (Å²) in [5.41, 5.74) is 6.03. The van der Waals surface area contributed by atoms with Gasteiger partial charge in [0.2, 0.25) is 5.91 Å². The fourth-order valence-corrected chi connectivity index (χ4v) is 2.72. The molecule has 3 N–H and O–H groups in total. The molecule has 20 heavy (non-hydrogen) atoms. The van der Waals surface area contributed by atoms with Gasteiger partial charge < -0.3 is 15.7 Å². The fraction of sp³-hybridized carbons (Fsp3) is 0.467. The van der Waals surface area contributed by atoms with Gasteiger partial charge in [-0.1, -0.05) is 12.1 Å². The SMILES string of the molecule is CC1(C(=O)O)CCCCN1C(=O)Cc1cccc(N)c1. The summed E-state index contributed by atoms with van der Waals surface area (Å²) in [6, 6.07) is 7.14. The number of rotatable bonds is 3. The number of anilines is 1. The normalized spacial score (nSPS) is 22.6. The monoisotopic (exact) mass is 276 g/mol. The van der Waals surface area contributed by atoms with E-state index in [1.165, 1.54) is 4.90 Å². The van der Waals surface area contributed by atoms with Crippen molar-refractivity contribution in [1.29, 1.82) is 0 Å². The molecule has 1 aromatic carbocycles. The summed E-state index contributed by atoms with van der Waals surface area (Å²) in [7, 11) is 0. The number of hydrogen-bond donors (Lipinski definition) is 2. The number of nitrogens with zero attached hydrogens (tertiary/aromatic N) is 1. The maximum Gasteiger partial charge on any atom is 0.329 e. The number of nitrogens with two attached hydrogens (primary N) is 1. The van der Waals surface area contributed by atoms with Crippen molar-refractivity contribution in [2.24, 2.45) is 0 Å². The van der Waals surface area contributed by atoms with E-state index in [1.807, 2.05) is 6.07 Å². The van der Waals surface area contributed by atoms with Crippen LogP contribution in [0.4, 0.5) is 5.69 Å². The third-order valence-electron chi connectivity index (χ3n) is 3.96. The van der Waals surface area contributed by atoms with Crippen molar-refractivity contribution < 1.29 is 14.7 Å². The molecule has 0 saturated carbocycles. The van der Waals surface area contributed by atoms with Crippen LogP contribution in [-0.2, 0) is 16.0 Å². The third-order valence-corrected chi connectivity index (χ3v) is 3.96. The average molecular weight is 276 g/mol. The van der Waals surface area contributed by atoms with Gasteiger partial charge in [-0.05, 0) is 43.9 Å². The van der Waals surface area contributed by atoms with Crippen LogP contribution >= 0.6 is 0 Å². The van der Waals surface area contributed by atoms with Gasteiger partial charge in [0.15, 0.2) is 0 Å². The Balaban J connectivity index is 2.16. The zero-order valence-electron chi connectivity index (χ0n) is 11.6. The molecule has 1 atom stereocenters. The molecule has 108 valence electrons. The molecular weight excluding hydrogens is 256 g/mol. The van der Waals surface area contributed by atoms with E-state index >= 15 is 0 Å². The molecule has 2 rings (SSSR count). The predicted molar refractivity (Wildman–Crippen MR) is 76.2 cm³/mol. The Hall–Kier alpha value is -2.04. The van der Waals surface area contributed by atoms with E-state index in [0.717, 1.165) is 18.4 Å². The Bertz CT molecular complexity index is 530. The second-order valence-electron chi connectivity index (χ2n) is 5.50. The van der Waals surface area contributed by atoms with Crippen molar-refractivity contribution >= 4 is 17.6 Å². The lowest BCUT2D eigenvalue weighted by Gasteiger charge is -2.41. The van der Waals surface area contributed by atoms with Crippen LogP contribution in [0, 0.1) is 0 Å². The molecule has 0 aromatic heterocycles. The van der Waals surface area contributed by atoms with Crippen LogP contribution in [0.5, 0.6) is 0 Å². The van der Waals surface area contributed by atoms with Crippen LogP contribution < -0.4 is 5.73 Å². The fourth-order valence-electron chi connectivity index (χ4n) is 2.72. The summed E-state index contributed by atoms with van der Waals surface area (Å²) in [6.07, 6.45) is 2.38. The molecular formula is C15H20N2O3. The highest BCUT2D eigenvalue weighted by molar-refractivity contribution is 5.88. The van der Waals surface area contributed by atoms with Crippen molar-refractivity contribution in [2.45, 2.75) is 38.1 Å². The minimum atomic E-state index is -1.09. The quantitative estimate of drug-likeness (QED) is 0.822. The number of nitrogen functional groups attached to an aromatic ring is 1. The first-order valence-corrected chi connectivity index (χ1v) is 6.82. The van der Waals surface area contributed by atoms with Crippen molar-refractivity contribution in [3.63, 3.8) is 0 Å². The van der Waals surface area contributed by atoms with Crippen LogP contribution in [0.15, 0.2) is 24.3 Å². The number of hydrogen-bond acceptors (Lipinski definition) is 3. The van der Waals surface area contributed by atoms with E-state index in [2.05, 4.69) is 0 Å². The Labute approximate surface area is 118 Å². The Morgan fingerprint density at radius 1 is 1.40 bits per heavy atom. The molecule has 5 heteroatoms. The zero-order valence-corrected chi connectivity index (χ0v) is 11.6. The number of likely N-dealkylation sites (tertiary alicyclic amines) is 1. The van der Waals surface area contributed by atoms with E-state index in [1.54, 1.807) is 25.1 Å². The number of carboxylic acid groups (broad SMARTS) is 1. The number of piperidine rings is 1. The van der Waals surface area contributed by atoms with Crippen LogP contribution in [0.3, 0.4) is 0 Å². The van der Waals surface area contributed by atoms with Gasteiger partial charge in [-0.2, -0.15) is 0 Å². The molecule has 1 aromatic rings. The third kappa shape index (κ3) is 2.76. The first-order chi connectivity index (χ1) is 9.43. The zero-order chi connectivity index (χ0) is 14.8. The second kappa shape index (κ2) is 5.53. The number of carbonyl (C=O) groups excluding carboxylic acids is 1. The summed E-state index contributed by atoms with van der Waals surface area (Å²) in [4.78, 5) is 25.4. The van der Waals surface area contributed by atoms with Crippen LogP contribution in [0.2, 0.25) is 0 Å². The summed E-state index contributed by atoms with van der Waals surface area (Å²) in [5.74, 6) is -1.08. The first-order valence-electron chi connectivity index (χ1n) is 6.82. The minimum absolute atomic E-state index is 0.153. The average Bonchev–Trinajstić information content (AvgIpc) is 2.39. The number of carboxylic acids is 1. The van der Waals surface area contributed by atoms with E-state index in [9.17, 15) is 14.7 Å². The number of benzene rings is 1. The highest BCUT2D eigenvalue weighted by Crippen LogP contribution is 2.29. The van der Waals surface area contributed by atoms with Crippen LogP contribution in [0.25, 0.3) is 0 Å². The lowest BCUT2D eigenvalue weighted by atomic mass is 9.88. The maximum absolute atomic E-state index is 12.4. The Kier molecular flexibility index (Phi) is 3.97. The lowest BCUT2D eigenvalue weighted by Crippen LogP contribution is -2.57. The second-order valence-corrected chi connectivity index (χ2v) is 5.50. The number of carbonyl (C=O) groups is 2. The van der Waals surface area contributed by atoms with Gasteiger partial charge in [0.25, 0.3) is 0 Å². The van der Waals surface area contributed by atoms with Gasteiger partial charge in [0, 0.05) is 12.2 Å². The van der Waals surface area contributed by atoms with Gasteiger partial charge in [-0.15, -0.1) is 0 Å². The largest absolute Gasteiger partial charge is 0.480 e. The molecule has 1 unspecified atom stereocenters. The summed E-state index contributed by atoms with van der Waals surface area (Å²) < 4.78 is 0. The van der Waals surface area contributed by atoms with Crippen LogP contribution in [0.1, 0.15) is 31.7 Å². The molecule has 0 radical (unpaired) electrons. The van der Waals surface area contributed by atoms with E-state index < -0.39 is 11.5 Å². The van der Waals surface area contributed by atoms with Gasteiger partial charge in [-0.3, -0.25) is 4.79 Å². The molecule has 1 aliphatic rings. The van der Waals surface area contributed by atoms with Gasteiger partial charge >= 0.3 is 5.97 Å². The lowest BCUT2D eigenvalue weighted by molar-refractivity contribution is -0.160. The standard InChI is InChI=1S/C15H20N2O3/c1-15(14(19)20)7-2-3-8-17(15)13(18)10-11-5-4-6-12(16)9-11/h4-6,9H,2-3,7-8,10,16H2,1H3,(H,19,20). The highest BCUT2D eigenvalue weighted by atomic mass is 16.4. The van der Waals surface area contributed by atoms with Gasteiger partial charge in [0.1, 0.15) is 5.54 Å². The summed E-state index contributed by atoms with van der Waals surface area (Å²) >= 11 is 0. The smallest absolute Gasteiger partial charge is 0.329 e. The number of aliphatic carboxylic acids is 1. The Morgan fingerprint density at radius 3 is 2.80 bits per heavy atom. The molecule has 0 aliphatic carbocycles. The van der Waals surface area contributed by atoms with Gasteiger partial charge in [-0.25, -0.2) is 4.79 Å². The predicted octanol–water partition coefficient (Wildman–Crippen LogP) is 1.67. The van der Waals surface area contributed by atoms with E-state index in [0.29, 0.717) is 18.7 Å². The van der Waals surface area contributed by atoms with Crippen molar-refractivity contribution in [3.05, 3.63) is 29.8 Å². The van der Waals surface area contributed by atoms with Crippen molar-refractivity contribution in [1.82, 2.24) is 4.90 Å². The first kappa shape index (κ1) is 14.4. The summed E-state index contributed by atoms with van der Waals surface area (Å²) in [5, 5.41) is 9.41. The topological polar surface area (TPSA) is 83.6 Å². The minimum Gasteiger partial charge on any atom is -0.480 e. The molecule has 1 aliphatic heterocycles. The maximum atomic E-state index is 12.4. The highest BCUT2D eigenvalue weighted by Gasteiger charge is 2.43.